The number of benzene rings is 3. The van der Waals surface area contributed by atoms with E-state index in [2.05, 4.69) is 22.3 Å². The van der Waals surface area contributed by atoms with E-state index < -0.39 is 0 Å². The first-order valence-corrected chi connectivity index (χ1v) is 9.86. The Labute approximate surface area is 178 Å². The van der Waals surface area contributed by atoms with E-state index in [0.717, 1.165) is 17.5 Å². The van der Waals surface area contributed by atoms with Crippen molar-refractivity contribution in [3.05, 3.63) is 88.5 Å². The van der Waals surface area contributed by atoms with E-state index in [0.29, 0.717) is 33.7 Å². The van der Waals surface area contributed by atoms with Crippen molar-refractivity contribution >= 4 is 23.2 Å². The van der Waals surface area contributed by atoms with Gasteiger partial charge in [-0.2, -0.15) is 5.10 Å². The first kappa shape index (κ1) is 19.4. The topological polar surface area (TPSA) is 58.1 Å². The van der Waals surface area contributed by atoms with Crippen LogP contribution < -0.4 is 4.74 Å². The van der Waals surface area contributed by atoms with Crippen molar-refractivity contribution in [2.24, 2.45) is 0 Å². The molecule has 0 atom stereocenters. The highest BCUT2D eigenvalue weighted by molar-refractivity contribution is 6.36. The van der Waals surface area contributed by atoms with Crippen molar-refractivity contribution in [3.8, 4) is 33.9 Å². The predicted molar refractivity (Wildman–Crippen MR) is 117 cm³/mol. The highest BCUT2D eigenvalue weighted by atomic mass is 35.5. The van der Waals surface area contributed by atoms with Gasteiger partial charge < -0.3 is 9.84 Å². The van der Waals surface area contributed by atoms with Gasteiger partial charge in [0.05, 0.1) is 23.5 Å². The van der Waals surface area contributed by atoms with Crippen molar-refractivity contribution in [1.29, 1.82) is 0 Å². The maximum absolute atomic E-state index is 10.6. The van der Waals surface area contributed by atoms with Crippen LogP contribution in [0.25, 0.3) is 22.4 Å². The molecule has 0 spiro atoms. The Hall–Kier alpha value is -2.95. The molecule has 0 unspecified atom stereocenters. The highest BCUT2D eigenvalue weighted by Gasteiger charge is 2.16. The van der Waals surface area contributed by atoms with Crippen LogP contribution in [-0.4, -0.2) is 21.9 Å². The van der Waals surface area contributed by atoms with E-state index >= 15 is 0 Å². The van der Waals surface area contributed by atoms with Gasteiger partial charge in [-0.25, -0.2) is 0 Å². The molecule has 4 nitrogen and oxygen atoms in total. The molecule has 1 heterocycles. The summed E-state index contributed by atoms with van der Waals surface area (Å²) in [6.07, 6.45) is 2.47. The quantitative estimate of drug-likeness (QED) is 0.377. The number of phenolic OH excluding ortho intramolecular Hbond substituents is 1. The summed E-state index contributed by atoms with van der Waals surface area (Å²) < 4.78 is 5.79. The van der Waals surface area contributed by atoms with Crippen molar-refractivity contribution in [3.63, 3.8) is 0 Å². The molecular weight excluding hydrogens is 407 g/mol. The van der Waals surface area contributed by atoms with E-state index in [1.807, 2.05) is 30.3 Å². The second kappa shape index (κ2) is 8.60. The standard InChI is InChI=1S/C23H18Cl2N2O2/c24-16-6-8-18(21(25)12-16)20-14-26-27-23(20)19-9-7-17(13-22(19)28)29-11-10-15-4-2-1-3-5-15/h1-9,12-14,28H,10-11H2,(H,26,27). The molecule has 146 valence electrons. The van der Waals surface area contributed by atoms with Crippen LogP contribution in [0.5, 0.6) is 11.5 Å². The van der Waals surface area contributed by atoms with Crippen LogP contribution in [0.4, 0.5) is 0 Å². The van der Waals surface area contributed by atoms with Crippen molar-refractivity contribution in [2.75, 3.05) is 6.61 Å². The van der Waals surface area contributed by atoms with Gasteiger partial charge in [-0.1, -0.05) is 59.6 Å². The summed E-state index contributed by atoms with van der Waals surface area (Å²) >= 11 is 12.3. The van der Waals surface area contributed by atoms with E-state index in [9.17, 15) is 5.11 Å². The first-order valence-electron chi connectivity index (χ1n) is 9.11. The van der Waals surface area contributed by atoms with Gasteiger partial charge in [-0.3, -0.25) is 5.10 Å². The predicted octanol–water partition coefficient (Wildman–Crippen LogP) is 6.38. The monoisotopic (exact) mass is 424 g/mol. The maximum atomic E-state index is 10.6. The fourth-order valence-electron chi connectivity index (χ4n) is 3.15. The Bertz CT molecular complexity index is 1130. The number of aromatic hydroxyl groups is 1. The number of hydrogen-bond donors (Lipinski definition) is 2. The molecule has 0 bridgehead atoms. The molecule has 0 radical (unpaired) electrons. The minimum atomic E-state index is 0.0952. The lowest BCUT2D eigenvalue weighted by atomic mass is 10.0. The lowest BCUT2D eigenvalue weighted by molar-refractivity contribution is 0.320. The van der Waals surface area contributed by atoms with Crippen molar-refractivity contribution in [2.45, 2.75) is 6.42 Å². The Balaban J connectivity index is 1.54. The molecule has 0 amide bonds. The molecule has 4 rings (SSSR count). The largest absolute Gasteiger partial charge is 0.507 e. The van der Waals surface area contributed by atoms with E-state index in [1.54, 1.807) is 30.5 Å². The third-order valence-corrected chi connectivity index (χ3v) is 5.15. The second-order valence-electron chi connectivity index (χ2n) is 6.55. The normalized spacial score (nSPS) is 10.8. The molecule has 6 heteroatoms. The zero-order valence-electron chi connectivity index (χ0n) is 15.4. The van der Waals surface area contributed by atoms with Gasteiger partial charge in [0.1, 0.15) is 11.5 Å². The van der Waals surface area contributed by atoms with Crippen LogP contribution in [0.2, 0.25) is 10.0 Å². The third-order valence-electron chi connectivity index (χ3n) is 4.60. The van der Waals surface area contributed by atoms with Gasteiger partial charge in [0.2, 0.25) is 0 Å². The summed E-state index contributed by atoms with van der Waals surface area (Å²) in [7, 11) is 0. The number of nitrogens with zero attached hydrogens (tertiary/aromatic N) is 1. The van der Waals surface area contributed by atoms with Crippen LogP contribution in [0.15, 0.2) is 72.9 Å². The van der Waals surface area contributed by atoms with Crippen LogP contribution in [-0.2, 0) is 6.42 Å². The molecule has 1 aromatic heterocycles. The number of aromatic nitrogens is 2. The molecule has 0 saturated heterocycles. The number of rotatable bonds is 6. The van der Waals surface area contributed by atoms with Gasteiger partial charge in [-0.15, -0.1) is 0 Å². The molecular formula is C23H18Cl2N2O2. The number of aromatic amines is 1. The van der Waals surface area contributed by atoms with Crippen molar-refractivity contribution < 1.29 is 9.84 Å². The van der Waals surface area contributed by atoms with Crippen LogP contribution in [0.1, 0.15) is 5.56 Å². The molecule has 0 aliphatic carbocycles. The average Bonchev–Trinajstić information content (AvgIpc) is 3.18. The van der Waals surface area contributed by atoms with E-state index in [4.69, 9.17) is 27.9 Å². The van der Waals surface area contributed by atoms with Gasteiger partial charge in [-0.05, 0) is 29.8 Å². The molecule has 4 aromatic rings. The number of nitrogens with one attached hydrogen (secondary N) is 1. The SMILES string of the molecule is Oc1cc(OCCc2ccccc2)ccc1-c1[nH]ncc1-c1ccc(Cl)cc1Cl. The summed E-state index contributed by atoms with van der Waals surface area (Å²) in [6.45, 7) is 0.526. The summed E-state index contributed by atoms with van der Waals surface area (Å²) in [5, 5.41) is 18.7. The van der Waals surface area contributed by atoms with E-state index in [1.165, 1.54) is 5.56 Å². The summed E-state index contributed by atoms with van der Waals surface area (Å²) in [6, 6.07) is 20.6. The van der Waals surface area contributed by atoms with Gasteiger partial charge in [0.25, 0.3) is 0 Å². The molecule has 29 heavy (non-hydrogen) atoms. The zero-order valence-corrected chi connectivity index (χ0v) is 16.9. The average molecular weight is 425 g/mol. The first-order chi connectivity index (χ1) is 14.1. The number of hydrogen-bond acceptors (Lipinski definition) is 3. The fourth-order valence-corrected chi connectivity index (χ4v) is 3.66. The van der Waals surface area contributed by atoms with Crippen LogP contribution in [0, 0.1) is 0 Å². The Morgan fingerprint density at radius 3 is 2.45 bits per heavy atom. The lowest BCUT2D eigenvalue weighted by Crippen LogP contribution is -2.01. The molecule has 3 aromatic carbocycles. The highest BCUT2D eigenvalue weighted by Crippen LogP contribution is 2.39. The number of phenols is 1. The van der Waals surface area contributed by atoms with E-state index in [-0.39, 0.29) is 5.75 Å². The number of H-pyrrole nitrogens is 1. The number of ether oxygens (including phenoxy) is 1. The minimum Gasteiger partial charge on any atom is -0.507 e. The second-order valence-corrected chi connectivity index (χ2v) is 7.39. The smallest absolute Gasteiger partial charge is 0.128 e. The molecule has 0 aliphatic rings. The molecule has 0 saturated carbocycles. The van der Waals surface area contributed by atoms with Crippen LogP contribution >= 0.6 is 23.2 Å². The minimum absolute atomic E-state index is 0.0952. The maximum Gasteiger partial charge on any atom is 0.128 e. The van der Waals surface area contributed by atoms with Crippen LogP contribution in [0.3, 0.4) is 0 Å². The molecule has 0 aliphatic heterocycles. The molecule has 0 fully saturated rings. The Morgan fingerprint density at radius 2 is 1.69 bits per heavy atom. The summed E-state index contributed by atoms with van der Waals surface area (Å²) in [5.74, 6) is 0.700. The van der Waals surface area contributed by atoms with Gasteiger partial charge >= 0.3 is 0 Å². The molecule has 2 N–H and O–H groups in total. The Kier molecular flexibility index (Phi) is 5.74. The zero-order chi connectivity index (χ0) is 20.2. The Morgan fingerprint density at radius 1 is 0.897 bits per heavy atom. The fraction of sp³-hybridized carbons (Fsp3) is 0.0870. The third kappa shape index (κ3) is 4.39. The summed E-state index contributed by atoms with van der Waals surface area (Å²) in [4.78, 5) is 0. The van der Waals surface area contributed by atoms with Gasteiger partial charge in [0, 0.05) is 34.2 Å². The lowest BCUT2D eigenvalue weighted by Gasteiger charge is -2.11. The summed E-state index contributed by atoms with van der Waals surface area (Å²) in [5.41, 5.74) is 4.04. The number of halogens is 2. The van der Waals surface area contributed by atoms with Gasteiger partial charge in [0.15, 0.2) is 0 Å². The van der Waals surface area contributed by atoms with Crippen molar-refractivity contribution in [1.82, 2.24) is 10.2 Å².